The number of anilines is 1. The van der Waals surface area contributed by atoms with Crippen LogP contribution in [0.15, 0.2) is 24.3 Å². The highest BCUT2D eigenvalue weighted by atomic mass is 35.5. The lowest BCUT2D eigenvalue weighted by molar-refractivity contribution is -0.132. The monoisotopic (exact) mass is 385 g/mol. The summed E-state index contributed by atoms with van der Waals surface area (Å²) in [5, 5.41) is 4.17. The third kappa shape index (κ3) is 5.50. The van der Waals surface area contributed by atoms with Gasteiger partial charge in [0.25, 0.3) is 0 Å². The van der Waals surface area contributed by atoms with Crippen LogP contribution >= 0.6 is 24.0 Å². The molecule has 1 aromatic carbocycles. The average molecular weight is 386 g/mol. The van der Waals surface area contributed by atoms with Crippen molar-refractivity contribution in [3.05, 3.63) is 29.3 Å². The SMILES string of the molecule is CC(CC(=O)N1CCN(c2cccc(Cl)c2)CC1)C1CCNCC1.Cl. The van der Waals surface area contributed by atoms with Gasteiger partial charge in [-0.1, -0.05) is 24.6 Å². The number of piperidine rings is 1. The number of amides is 1. The summed E-state index contributed by atoms with van der Waals surface area (Å²) < 4.78 is 0. The van der Waals surface area contributed by atoms with Gasteiger partial charge in [0.1, 0.15) is 0 Å². The van der Waals surface area contributed by atoms with Gasteiger partial charge in [-0.3, -0.25) is 4.79 Å². The number of hydrogen-bond acceptors (Lipinski definition) is 3. The third-order valence-corrected chi connectivity index (χ3v) is 5.73. The van der Waals surface area contributed by atoms with Gasteiger partial charge >= 0.3 is 0 Å². The quantitative estimate of drug-likeness (QED) is 0.861. The molecule has 1 atom stereocenters. The normalized spacial score (nSPS) is 20.1. The van der Waals surface area contributed by atoms with Crippen molar-refractivity contribution in [2.75, 3.05) is 44.2 Å². The van der Waals surface area contributed by atoms with Crippen molar-refractivity contribution in [1.82, 2.24) is 10.2 Å². The van der Waals surface area contributed by atoms with E-state index in [1.54, 1.807) is 0 Å². The lowest BCUT2D eigenvalue weighted by Crippen LogP contribution is -2.49. The Morgan fingerprint density at radius 2 is 1.92 bits per heavy atom. The summed E-state index contributed by atoms with van der Waals surface area (Å²) >= 11 is 6.08. The summed E-state index contributed by atoms with van der Waals surface area (Å²) in [5.74, 6) is 1.51. The molecule has 1 amide bonds. The van der Waals surface area contributed by atoms with Crippen LogP contribution in [-0.4, -0.2) is 50.1 Å². The van der Waals surface area contributed by atoms with Crippen molar-refractivity contribution >= 4 is 35.6 Å². The Balaban J connectivity index is 0.00000225. The van der Waals surface area contributed by atoms with Crippen LogP contribution in [0, 0.1) is 11.8 Å². The molecule has 0 radical (unpaired) electrons. The van der Waals surface area contributed by atoms with E-state index in [1.165, 1.54) is 12.8 Å². The zero-order chi connectivity index (χ0) is 16.9. The highest BCUT2D eigenvalue weighted by Crippen LogP contribution is 2.26. The fourth-order valence-electron chi connectivity index (χ4n) is 3.87. The Bertz CT molecular complexity index is 555. The first kappa shape index (κ1) is 20.3. The second-order valence-electron chi connectivity index (χ2n) is 7.12. The minimum absolute atomic E-state index is 0. The van der Waals surface area contributed by atoms with Gasteiger partial charge in [0.15, 0.2) is 0 Å². The van der Waals surface area contributed by atoms with E-state index in [4.69, 9.17) is 11.6 Å². The maximum atomic E-state index is 12.6. The van der Waals surface area contributed by atoms with Crippen molar-refractivity contribution in [2.24, 2.45) is 11.8 Å². The Labute approximate surface area is 162 Å². The number of hydrogen-bond donors (Lipinski definition) is 1. The maximum absolute atomic E-state index is 12.6. The molecule has 2 aliphatic rings. The number of carbonyl (C=O) groups is 1. The summed E-state index contributed by atoms with van der Waals surface area (Å²) in [4.78, 5) is 17.0. The summed E-state index contributed by atoms with van der Waals surface area (Å²) in [6.45, 7) is 7.83. The Hall–Kier alpha value is -0.970. The van der Waals surface area contributed by atoms with Crippen LogP contribution in [0.1, 0.15) is 26.2 Å². The van der Waals surface area contributed by atoms with Gasteiger partial charge in [0.05, 0.1) is 0 Å². The number of benzene rings is 1. The van der Waals surface area contributed by atoms with Gasteiger partial charge in [-0.15, -0.1) is 12.4 Å². The van der Waals surface area contributed by atoms with Gasteiger partial charge in [-0.25, -0.2) is 0 Å². The highest BCUT2D eigenvalue weighted by Gasteiger charge is 2.26. The van der Waals surface area contributed by atoms with Crippen LogP contribution in [0.4, 0.5) is 5.69 Å². The molecular formula is C19H29Cl2N3O. The van der Waals surface area contributed by atoms with E-state index >= 15 is 0 Å². The molecule has 1 N–H and O–H groups in total. The zero-order valence-electron chi connectivity index (χ0n) is 14.9. The molecule has 3 rings (SSSR count). The first-order chi connectivity index (χ1) is 11.6. The van der Waals surface area contributed by atoms with Crippen molar-refractivity contribution < 1.29 is 4.79 Å². The molecule has 2 fully saturated rings. The molecule has 2 aliphatic heterocycles. The van der Waals surface area contributed by atoms with Crippen LogP contribution in [0.5, 0.6) is 0 Å². The van der Waals surface area contributed by atoms with Gasteiger partial charge < -0.3 is 15.1 Å². The fraction of sp³-hybridized carbons (Fsp3) is 0.632. The van der Waals surface area contributed by atoms with Gasteiger partial charge in [-0.2, -0.15) is 0 Å². The lowest BCUT2D eigenvalue weighted by Gasteiger charge is -2.37. The number of piperazine rings is 1. The Morgan fingerprint density at radius 1 is 1.24 bits per heavy atom. The van der Waals surface area contributed by atoms with E-state index in [2.05, 4.69) is 23.2 Å². The lowest BCUT2D eigenvalue weighted by atomic mass is 9.84. The molecule has 140 valence electrons. The highest BCUT2D eigenvalue weighted by molar-refractivity contribution is 6.30. The first-order valence-electron chi connectivity index (χ1n) is 9.12. The zero-order valence-corrected chi connectivity index (χ0v) is 16.5. The summed E-state index contributed by atoms with van der Waals surface area (Å²) in [6.07, 6.45) is 3.11. The smallest absolute Gasteiger partial charge is 0.222 e. The molecule has 0 spiro atoms. The molecule has 25 heavy (non-hydrogen) atoms. The number of nitrogens with zero attached hydrogens (tertiary/aromatic N) is 2. The molecule has 0 aliphatic carbocycles. The third-order valence-electron chi connectivity index (χ3n) is 5.49. The summed E-state index contributed by atoms with van der Waals surface area (Å²) in [7, 11) is 0. The molecule has 1 aromatic rings. The summed E-state index contributed by atoms with van der Waals surface area (Å²) in [5.41, 5.74) is 1.15. The second kappa shape index (κ2) is 9.65. The standard InChI is InChI=1S/C19H28ClN3O.ClH/c1-15(16-5-7-21-8-6-16)13-19(24)23-11-9-22(10-12-23)18-4-2-3-17(20)14-18;/h2-4,14-16,21H,5-13H2,1H3;1H. The second-order valence-corrected chi connectivity index (χ2v) is 7.55. The van der Waals surface area contributed by atoms with Crippen molar-refractivity contribution in [3.63, 3.8) is 0 Å². The van der Waals surface area contributed by atoms with E-state index in [1.807, 2.05) is 23.1 Å². The topological polar surface area (TPSA) is 35.6 Å². The van der Waals surface area contributed by atoms with Crippen LogP contribution in [0.2, 0.25) is 5.02 Å². The molecule has 4 nitrogen and oxygen atoms in total. The van der Waals surface area contributed by atoms with Gasteiger partial charge in [-0.05, 0) is 56.0 Å². The number of nitrogens with one attached hydrogen (secondary N) is 1. The van der Waals surface area contributed by atoms with Gasteiger partial charge in [0, 0.05) is 43.3 Å². The van der Waals surface area contributed by atoms with Crippen LogP contribution < -0.4 is 10.2 Å². The van der Waals surface area contributed by atoms with Crippen molar-refractivity contribution in [2.45, 2.75) is 26.2 Å². The molecule has 6 heteroatoms. The molecule has 1 unspecified atom stereocenters. The van der Waals surface area contributed by atoms with Crippen LogP contribution in [0.25, 0.3) is 0 Å². The van der Waals surface area contributed by atoms with Crippen molar-refractivity contribution in [1.29, 1.82) is 0 Å². The number of rotatable bonds is 4. The molecule has 0 saturated carbocycles. The van der Waals surface area contributed by atoms with E-state index < -0.39 is 0 Å². The predicted molar refractivity (Wildman–Crippen MR) is 107 cm³/mol. The Morgan fingerprint density at radius 3 is 2.56 bits per heavy atom. The van der Waals surface area contributed by atoms with E-state index in [-0.39, 0.29) is 12.4 Å². The van der Waals surface area contributed by atoms with E-state index in [0.29, 0.717) is 24.2 Å². The molecular weight excluding hydrogens is 357 g/mol. The molecule has 0 aromatic heterocycles. The number of carbonyl (C=O) groups excluding carboxylic acids is 1. The number of halogens is 2. The molecule has 2 heterocycles. The minimum atomic E-state index is 0. The van der Waals surface area contributed by atoms with E-state index in [0.717, 1.165) is 50.0 Å². The van der Waals surface area contributed by atoms with Crippen LogP contribution in [0.3, 0.4) is 0 Å². The average Bonchev–Trinajstić information content (AvgIpc) is 2.62. The minimum Gasteiger partial charge on any atom is -0.368 e. The fourth-order valence-corrected chi connectivity index (χ4v) is 4.06. The molecule has 2 saturated heterocycles. The Kier molecular flexibility index (Phi) is 7.85. The van der Waals surface area contributed by atoms with Gasteiger partial charge in [0.2, 0.25) is 5.91 Å². The largest absolute Gasteiger partial charge is 0.368 e. The van der Waals surface area contributed by atoms with E-state index in [9.17, 15) is 4.79 Å². The molecule has 0 bridgehead atoms. The van der Waals surface area contributed by atoms with Crippen LogP contribution in [-0.2, 0) is 4.79 Å². The summed E-state index contributed by atoms with van der Waals surface area (Å²) in [6, 6.07) is 7.96. The van der Waals surface area contributed by atoms with Crippen molar-refractivity contribution in [3.8, 4) is 0 Å². The predicted octanol–water partition coefficient (Wildman–Crippen LogP) is 3.44. The first-order valence-corrected chi connectivity index (χ1v) is 9.50. The maximum Gasteiger partial charge on any atom is 0.222 e.